The van der Waals surface area contributed by atoms with Gasteiger partial charge in [0.25, 0.3) is 0 Å². The van der Waals surface area contributed by atoms with Gasteiger partial charge in [0, 0.05) is 40.9 Å². The Bertz CT molecular complexity index is 842. The molecule has 1 aromatic carbocycles. The Morgan fingerprint density at radius 1 is 0.765 bits per heavy atom. The molecule has 0 unspecified atom stereocenters. The van der Waals surface area contributed by atoms with Crippen LogP contribution in [0.4, 0.5) is 0 Å². The lowest BCUT2D eigenvalue weighted by Gasteiger charge is -1.95. The van der Waals surface area contributed by atoms with Gasteiger partial charge in [0.15, 0.2) is 0 Å². The Labute approximate surface area is 96.7 Å². The first-order valence-electron chi connectivity index (χ1n) is 5.42. The first-order chi connectivity index (χ1) is 8.42. The van der Waals surface area contributed by atoms with Crippen molar-refractivity contribution in [3.8, 4) is 0 Å². The number of rotatable bonds is 0. The van der Waals surface area contributed by atoms with Crippen LogP contribution in [-0.4, -0.2) is 9.97 Å². The number of pyridine rings is 2. The maximum absolute atomic E-state index is 5.79. The fraction of sp³-hybridized carbons (Fsp3) is 0. The summed E-state index contributed by atoms with van der Waals surface area (Å²) >= 11 is 0. The Morgan fingerprint density at radius 2 is 1.65 bits per heavy atom. The quantitative estimate of drug-likeness (QED) is 0.455. The van der Waals surface area contributed by atoms with Gasteiger partial charge in [-0.25, -0.2) is 0 Å². The van der Waals surface area contributed by atoms with E-state index in [-0.39, 0.29) is 0 Å². The van der Waals surface area contributed by atoms with E-state index in [9.17, 15) is 0 Å². The Kier molecular flexibility index (Phi) is 1.56. The molecule has 4 rings (SSSR count). The summed E-state index contributed by atoms with van der Waals surface area (Å²) < 4.78 is 5.79. The zero-order valence-electron chi connectivity index (χ0n) is 8.92. The van der Waals surface area contributed by atoms with Crippen molar-refractivity contribution >= 4 is 32.7 Å². The number of aromatic nitrogens is 2. The highest BCUT2D eigenvalue weighted by molar-refractivity contribution is 6.09. The molecule has 0 fully saturated rings. The summed E-state index contributed by atoms with van der Waals surface area (Å²) in [6, 6.07) is 8.04. The van der Waals surface area contributed by atoms with Crippen LogP contribution in [0, 0.1) is 0 Å². The summed E-state index contributed by atoms with van der Waals surface area (Å²) in [7, 11) is 0. The van der Waals surface area contributed by atoms with Crippen molar-refractivity contribution in [1.29, 1.82) is 0 Å². The molecule has 4 aromatic rings. The number of fused-ring (bicyclic) bond motifs is 4. The predicted octanol–water partition coefficient (Wildman–Crippen LogP) is 3.53. The summed E-state index contributed by atoms with van der Waals surface area (Å²) in [6.45, 7) is 0. The second-order valence-corrected chi connectivity index (χ2v) is 4.05. The van der Waals surface area contributed by atoms with Crippen LogP contribution in [0.2, 0.25) is 0 Å². The third-order valence-corrected chi connectivity index (χ3v) is 3.03. The summed E-state index contributed by atoms with van der Waals surface area (Å²) in [6.07, 6.45) is 7.23. The number of nitrogens with zero attached hydrogens (tertiary/aromatic N) is 2. The van der Waals surface area contributed by atoms with Crippen molar-refractivity contribution in [3.63, 3.8) is 0 Å². The molecule has 0 amide bonds. The van der Waals surface area contributed by atoms with E-state index in [1.54, 1.807) is 12.4 Å². The van der Waals surface area contributed by atoms with Crippen molar-refractivity contribution < 1.29 is 4.42 Å². The van der Waals surface area contributed by atoms with Gasteiger partial charge in [-0.05, 0) is 29.7 Å². The zero-order valence-corrected chi connectivity index (χ0v) is 8.92. The van der Waals surface area contributed by atoms with Gasteiger partial charge in [0.05, 0.1) is 0 Å². The molecule has 80 valence electrons. The smallest absolute Gasteiger partial charge is 0.138 e. The molecule has 0 aliphatic heterocycles. The molecule has 0 bridgehead atoms. The summed E-state index contributed by atoms with van der Waals surface area (Å²) in [5.41, 5.74) is 1.76. The minimum Gasteiger partial charge on any atom is -0.456 e. The zero-order chi connectivity index (χ0) is 11.2. The van der Waals surface area contributed by atoms with E-state index in [2.05, 4.69) is 16.0 Å². The molecule has 0 aliphatic carbocycles. The van der Waals surface area contributed by atoms with Crippen molar-refractivity contribution in [1.82, 2.24) is 9.97 Å². The molecule has 0 atom stereocenters. The fourth-order valence-corrected chi connectivity index (χ4v) is 2.20. The van der Waals surface area contributed by atoms with Crippen LogP contribution < -0.4 is 0 Å². The Hall–Kier alpha value is -2.42. The molecular weight excluding hydrogens is 212 g/mol. The topological polar surface area (TPSA) is 38.9 Å². The fourth-order valence-electron chi connectivity index (χ4n) is 2.20. The molecular formula is C14H8N2O. The van der Waals surface area contributed by atoms with Crippen molar-refractivity contribution in [3.05, 3.63) is 49.1 Å². The van der Waals surface area contributed by atoms with E-state index >= 15 is 0 Å². The molecule has 0 saturated carbocycles. The van der Waals surface area contributed by atoms with E-state index in [4.69, 9.17) is 4.42 Å². The lowest BCUT2D eigenvalue weighted by molar-refractivity contribution is 0.669. The molecule has 0 saturated heterocycles. The molecule has 3 heteroatoms. The van der Waals surface area contributed by atoms with Gasteiger partial charge >= 0.3 is 0 Å². The van der Waals surface area contributed by atoms with Gasteiger partial charge in [-0.2, -0.15) is 0 Å². The van der Waals surface area contributed by atoms with Crippen molar-refractivity contribution in [2.75, 3.05) is 0 Å². The normalized spacial score (nSPS) is 11.5. The molecule has 3 heterocycles. The Morgan fingerprint density at radius 3 is 2.65 bits per heavy atom. The van der Waals surface area contributed by atoms with Crippen LogP contribution in [0.3, 0.4) is 0 Å². The van der Waals surface area contributed by atoms with Crippen LogP contribution in [0.5, 0.6) is 0 Å². The average molecular weight is 220 g/mol. The monoisotopic (exact) mass is 220 g/mol. The molecule has 0 radical (unpaired) electrons. The minimum atomic E-state index is 0.873. The number of hydrogen-bond donors (Lipinski definition) is 0. The average Bonchev–Trinajstić information content (AvgIpc) is 2.73. The molecule has 0 N–H and O–H groups in total. The molecule has 17 heavy (non-hydrogen) atoms. The van der Waals surface area contributed by atoms with Crippen LogP contribution in [0.25, 0.3) is 32.7 Å². The first-order valence-corrected chi connectivity index (χ1v) is 5.42. The molecule has 0 aliphatic rings. The van der Waals surface area contributed by atoms with E-state index in [1.165, 1.54) is 5.39 Å². The maximum Gasteiger partial charge on any atom is 0.138 e. The SMILES string of the molecule is c1cc2cc3c(cc2cn1)oc1ccncc13. The summed E-state index contributed by atoms with van der Waals surface area (Å²) in [5, 5.41) is 4.42. The van der Waals surface area contributed by atoms with Gasteiger partial charge in [0.1, 0.15) is 11.2 Å². The standard InChI is InChI=1S/C14H8N2O/c1-3-15-7-10-6-14-11(5-9(1)10)12-8-16-4-2-13(12)17-14/h1-8H. The second-order valence-electron chi connectivity index (χ2n) is 4.05. The van der Waals surface area contributed by atoms with Gasteiger partial charge in [-0.3, -0.25) is 9.97 Å². The van der Waals surface area contributed by atoms with E-state index < -0.39 is 0 Å². The van der Waals surface area contributed by atoms with Crippen LogP contribution in [-0.2, 0) is 0 Å². The number of hydrogen-bond acceptors (Lipinski definition) is 3. The van der Waals surface area contributed by atoms with Crippen LogP contribution in [0.15, 0.2) is 53.5 Å². The third-order valence-electron chi connectivity index (χ3n) is 3.03. The highest BCUT2D eigenvalue weighted by Gasteiger charge is 2.07. The molecule has 3 aromatic heterocycles. The van der Waals surface area contributed by atoms with Crippen molar-refractivity contribution in [2.24, 2.45) is 0 Å². The minimum absolute atomic E-state index is 0.873. The lowest BCUT2D eigenvalue weighted by atomic mass is 10.1. The first kappa shape index (κ1) is 8.70. The predicted molar refractivity (Wildman–Crippen MR) is 66.8 cm³/mol. The highest BCUT2D eigenvalue weighted by atomic mass is 16.3. The number of furan rings is 1. The lowest BCUT2D eigenvalue weighted by Crippen LogP contribution is -1.75. The molecule has 0 spiro atoms. The molecule has 3 nitrogen and oxygen atoms in total. The Balaban J connectivity index is 2.28. The van der Waals surface area contributed by atoms with E-state index in [0.717, 1.165) is 27.3 Å². The van der Waals surface area contributed by atoms with E-state index in [0.29, 0.717) is 0 Å². The van der Waals surface area contributed by atoms with Crippen LogP contribution >= 0.6 is 0 Å². The van der Waals surface area contributed by atoms with Gasteiger partial charge in [-0.15, -0.1) is 0 Å². The third kappa shape index (κ3) is 1.16. The summed E-state index contributed by atoms with van der Waals surface area (Å²) in [4.78, 5) is 8.26. The highest BCUT2D eigenvalue weighted by Crippen LogP contribution is 2.30. The van der Waals surface area contributed by atoms with E-state index in [1.807, 2.05) is 30.6 Å². The largest absolute Gasteiger partial charge is 0.456 e. The second kappa shape index (κ2) is 3.04. The van der Waals surface area contributed by atoms with Gasteiger partial charge in [0.2, 0.25) is 0 Å². The maximum atomic E-state index is 5.79. The summed E-state index contributed by atoms with van der Waals surface area (Å²) in [5.74, 6) is 0. The van der Waals surface area contributed by atoms with Gasteiger partial charge in [-0.1, -0.05) is 0 Å². The van der Waals surface area contributed by atoms with Crippen LogP contribution in [0.1, 0.15) is 0 Å². The van der Waals surface area contributed by atoms with Gasteiger partial charge < -0.3 is 4.42 Å². The number of benzene rings is 1. The van der Waals surface area contributed by atoms with Crippen molar-refractivity contribution in [2.45, 2.75) is 0 Å².